The molecule has 1 heteroatoms. The largest absolute Gasteiger partial charge is 0.306 e. The van der Waals surface area contributed by atoms with E-state index in [9.17, 15) is 0 Å². The number of benzene rings is 1. The van der Waals surface area contributed by atoms with Crippen molar-refractivity contribution in [2.45, 2.75) is 44.9 Å². The Kier molecular flexibility index (Phi) is 3.58. The molecule has 94 valence electrons. The van der Waals surface area contributed by atoms with Crippen molar-refractivity contribution in [1.29, 1.82) is 0 Å². The van der Waals surface area contributed by atoms with E-state index in [1.807, 2.05) is 0 Å². The molecular formula is C16H25N. The predicted octanol–water partition coefficient (Wildman–Crippen LogP) is 3.79. The average molecular weight is 231 g/mol. The van der Waals surface area contributed by atoms with Crippen LogP contribution in [0.2, 0.25) is 0 Å². The molecule has 1 nitrogen and oxygen atoms in total. The SMILES string of the molecule is CN1CCC(c2ccc(C(C)(C)C)cc2)CC1. The van der Waals surface area contributed by atoms with Crippen LogP contribution in [0.4, 0.5) is 0 Å². The summed E-state index contributed by atoms with van der Waals surface area (Å²) < 4.78 is 0. The van der Waals surface area contributed by atoms with Crippen molar-refractivity contribution >= 4 is 0 Å². The van der Waals surface area contributed by atoms with Crippen LogP contribution in [0.1, 0.15) is 50.7 Å². The molecule has 0 amide bonds. The van der Waals surface area contributed by atoms with E-state index in [0.717, 1.165) is 5.92 Å². The first-order chi connectivity index (χ1) is 7.97. The van der Waals surface area contributed by atoms with Crippen molar-refractivity contribution in [1.82, 2.24) is 4.90 Å². The van der Waals surface area contributed by atoms with Crippen molar-refractivity contribution in [3.8, 4) is 0 Å². The number of nitrogens with zero attached hydrogens (tertiary/aromatic N) is 1. The quantitative estimate of drug-likeness (QED) is 0.710. The molecule has 0 saturated carbocycles. The van der Waals surface area contributed by atoms with Crippen LogP contribution in [0.25, 0.3) is 0 Å². The fourth-order valence-electron chi connectivity index (χ4n) is 2.60. The zero-order valence-corrected chi connectivity index (χ0v) is 11.7. The molecule has 0 aliphatic carbocycles. The minimum Gasteiger partial charge on any atom is -0.306 e. The maximum Gasteiger partial charge on any atom is -0.00159 e. The number of rotatable bonds is 1. The molecule has 1 saturated heterocycles. The number of hydrogen-bond donors (Lipinski definition) is 0. The van der Waals surface area contributed by atoms with Gasteiger partial charge < -0.3 is 4.90 Å². The molecule has 2 rings (SSSR count). The van der Waals surface area contributed by atoms with Gasteiger partial charge in [0.2, 0.25) is 0 Å². The molecule has 0 aromatic heterocycles. The van der Waals surface area contributed by atoms with Gasteiger partial charge in [-0.05, 0) is 55.4 Å². The smallest absolute Gasteiger partial charge is 0.00159 e. The summed E-state index contributed by atoms with van der Waals surface area (Å²) in [6.45, 7) is 9.31. The Morgan fingerprint density at radius 3 is 2.00 bits per heavy atom. The van der Waals surface area contributed by atoms with Gasteiger partial charge in [0.25, 0.3) is 0 Å². The highest BCUT2D eigenvalue weighted by Crippen LogP contribution is 2.29. The van der Waals surface area contributed by atoms with Gasteiger partial charge in [0.05, 0.1) is 0 Å². The van der Waals surface area contributed by atoms with Crippen molar-refractivity contribution in [3.05, 3.63) is 35.4 Å². The van der Waals surface area contributed by atoms with Gasteiger partial charge >= 0.3 is 0 Å². The van der Waals surface area contributed by atoms with E-state index < -0.39 is 0 Å². The average Bonchev–Trinajstić information content (AvgIpc) is 2.29. The topological polar surface area (TPSA) is 3.24 Å². The highest BCUT2D eigenvalue weighted by molar-refractivity contribution is 5.29. The molecule has 1 fully saturated rings. The van der Waals surface area contributed by atoms with Crippen LogP contribution in [0.5, 0.6) is 0 Å². The second-order valence-corrected chi connectivity index (χ2v) is 6.45. The summed E-state index contributed by atoms with van der Waals surface area (Å²) in [5, 5.41) is 0. The molecule has 0 atom stereocenters. The summed E-state index contributed by atoms with van der Waals surface area (Å²) >= 11 is 0. The molecule has 0 radical (unpaired) electrons. The maximum absolute atomic E-state index is 2.43. The van der Waals surface area contributed by atoms with Crippen LogP contribution in [-0.2, 0) is 5.41 Å². The Balaban J connectivity index is 2.08. The molecular weight excluding hydrogens is 206 g/mol. The number of hydrogen-bond acceptors (Lipinski definition) is 1. The van der Waals surface area contributed by atoms with E-state index in [1.165, 1.54) is 37.1 Å². The van der Waals surface area contributed by atoms with Crippen molar-refractivity contribution in [2.75, 3.05) is 20.1 Å². The zero-order chi connectivity index (χ0) is 12.5. The first-order valence-electron chi connectivity index (χ1n) is 6.76. The van der Waals surface area contributed by atoms with Gasteiger partial charge in [0, 0.05) is 0 Å². The third-order valence-corrected chi connectivity index (χ3v) is 3.97. The van der Waals surface area contributed by atoms with Gasteiger partial charge in [-0.15, -0.1) is 0 Å². The van der Waals surface area contributed by atoms with E-state index in [-0.39, 0.29) is 5.41 Å². The molecule has 0 unspecified atom stereocenters. The highest BCUT2D eigenvalue weighted by atomic mass is 15.1. The molecule has 0 bridgehead atoms. The molecule has 0 spiro atoms. The number of likely N-dealkylation sites (tertiary alicyclic amines) is 1. The third kappa shape index (κ3) is 3.10. The molecule has 1 aromatic rings. The third-order valence-electron chi connectivity index (χ3n) is 3.97. The summed E-state index contributed by atoms with van der Waals surface area (Å²) in [4.78, 5) is 2.43. The predicted molar refractivity (Wildman–Crippen MR) is 74.6 cm³/mol. The van der Waals surface area contributed by atoms with Gasteiger partial charge in [0.1, 0.15) is 0 Å². The zero-order valence-electron chi connectivity index (χ0n) is 11.7. The lowest BCUT2D eigenvalue weighted by molar-refractivity contribution is 0.255. The Bertz CT molecular complexity index is 350. The molecule has 17 heavy (non-hydrogen) atoms. The van der Waals surface area contributed by atoms with Crippen LogP contribution in [0, 0.1) is 0 Å². The second kappa shape index (κ2) is 4.81. The summed E-state index contributed by atoms with van der Waals surface area (Å²) in [5.41, 5.74) is 3.24. The number of piperidine rings is 1. The van der Waals surface area contributed by atoms with E-state index in [2.05, 4.69) is 57.0 Å². The highest BCUT2D eigenvalue weighted by Gasteiger charge is 2.19. The van der Waals surface area contributed by atoms with Gasteiger partial charge in [0.15, 0.2) is 0 Å². The van der Waals surface area contributed by atoms with Crippen LogP contribution >= 0.6 is 0 Å². The monoisotopic (exact) mass is 231 g/mol. The normalized spacial score (nSPS) is 19.5. The van der Waals surface area contributed by atoms with Crippen molar-refractivity contribution in [2.24, 2.45) is 0 Å². The van der Waals surface area contributed by atoms with Crippen LogP contribution in [0.3, 0.4) is 0 Å². The Labute approximate surface area is 106 Å². The van der Waals surface area contributed by atoms with Gasteiger partial charge in [-0.1, -0.05) is 45.0 Å². The van der Waals surface area contributed by atoms with Gasteiger partial charge in [-0.2, -0.15) is 0 Å². The lowest BCUT2D eigenvalue weighted by Crippen LogP contribution is -2.29. The van der Waals surface area contributed by atoms with E-state index >= 15 is 0 Å². The Morgan fingerprint density at radius 1 is 1.00 bits per heavy atom. The van der Waals surface area contributed by atoms with Crippen molar-refractivity contribution < 1.29 is 0 Å². The van der Waals surface area contributed by atoms with E-state index in [0.29, 0.717) is 0 Å². The first kappa shape index (κ1) is 12.6. The molecule has 1 aliphatic heterocycles. The fourth-order valence-corrected chi connectivity index (χ4v) is 2.60. The molecule has 1 aromatic carbocycles. The van der Waals surface area contributed by atoms with Gasteiger partial charge in [-0.25, -0.2) is 0 Å². The van der Waals surface area contributed by atoms with Crippen molar-refractivity contribution in [3.63, 3.8) is 0 Å². The van der Waals surface area contributed by atoms with E-state index in [4.69, 9.17) is 0 Å². The molecule has 0 N–H and O–H groups in total. The first-order valence-corrected chi connectivity index (χ1v) is 6.76. The Hall–Kier alpha value is -0.820. The summed E-state index contributed by atoms with van der Waals surface area (Å²) in [6, 6.07) is 9.31. The lowest BCUT2D eigenvalue weighted by Gasteiger charge is -2.29. The molecule has 1 heterocycles. The maximum atomic E-state index is 2.43. The summed E-state index contributed by atoms with van der Waals surface area (Å²) in [6.07, 6.45) is 2.62. The Morgan fingerprint density at radius 2 is 1.53 bits per heavy atom. The summed E-state index contributed by atoms with van der Waals surface area (Å²) in [7, 11) is 2.22. The lowest BCUT2D eigenvalue weighted by atomic mass is 9.84. The van der Waals surface area contributed by atoms with E-state index in [1.54, 1.807) is 0 Å². The summed E-state index contributed by atoms with van der Waals surface area (Å²) in [5.74, 6) is 0.778. The molecule has 1 aliphatic rings. The van der Waals surface area contributed by atoms with Gasteiger partial charge in [-0.3, -0.25) is 0 Å². The standard InChI is InChI=1S/C16H25N/c1-16(2,3)15-7-5-13(6-8-15)14-9-11-17(4)12-10-14/h5-8,14H,9-12H2,1-4H3. The van der Waals surface area contributed by atoms with Crippen LogP contribution in [0.15, 0.2) is 24.3 Å². The van der Waals surface area contributed by atoms with Crippen LogP contribution in [-0.4, -0.2) is 25.0 Å². The minimum atomic E-state index is 0.269. The second-order valence-electron chi connectivity index (χ2n) is 6.45. The fraction of sp³-hybridized carbons (Fsp3) is 0.625. The van der Waals surface area contributed by atoms with Crippen LogP contribution < -0.4 is 0 Å². The minimum absolute atomic E-state index is 0.269.